The molecule has 0 aromatic heterocycles. The largest absolute Gasteiger partial charge is 0.479 e. The van der Waals surface area contributed by atoms with Gasteiger partial charge in [0.05, 0.1) is 0 Å². The van der Waals surface area contributed by atoms with Gasteiger partial charge in [-0.1, -0.05) is 13.8 Å². The second kappa shape index (κ2) is 5.46. The number of rotatable bonds is 5. The molecule has 0 aromatic rings. The summed E-state index contributed by atoms with van der Waals surface area (Å²) < 4.78 is 5.11. The van der Waals surface area contributed by atoms with Crippen molar-refractivity contribution in [1.82, 2.24) is 5.32 Å². The Balaban J connectivity index is 2.37. The van der Waals surface area contributed by atoms with Gasteiger partial charge < -0.3 is 20.3 Å². The zero-order chi connectivity index (χ0) is 13.1. The van der Waals surface area contributed by atoms with E-state index < -0.39 is 18.2 Å². The van der Waals surface area contributed by atoms with Crippen LogP contribution in [-0.4, -0.2) is 47.4 Å². The van der Waals surface area contributed by atoms with Crippen molar-refractivity contribution < 1.29 is 24.5 Å². The minimum atomic E-state index is -1.03. The highest BCUT2D eigenvalue weighted by Crippen LogP contribution is 2.20. The van der Waals surface area contributed by atoms with Crippen LogP contribution in [0.2, 0.25) is 0 Å². The van der Waals surface area contributed by atoms with Crippen LogP contribution in [-0.2, 0) is 14.3 Å². The number of carboxylic acid groups (broad SMARTS) is 1. The van der Waals surface area contributed by atoms with Gasteiger partial charge in [-0.05, 0) is 12.8 Å². The Morgan fingerprint density at radius 2 is 1.94 bits per heavy atom. The summed E-state index contributed by atoms with van der Waals surface area (Å²) in [5, 5.41) is 20.4. The molecule has 3 N–H and O–H groups in total. The van der Waals surface area contributed by atoms with Crippen LogP contribution >= 0.6 is 0 Å². The van der Waals surface area contributed by atoms with Crippen LogP contribution in [0.1, 0.15) is 26.7 Å². The molecule has 1 aliphatic rings. The van der Waals surface area contributed by atoms with Crippen molar-refractivity contribution in [2.24, 2.45) is 5.41 Å². The third-order valence-corrected chi connectivity index (χ3v) is 2.76. The minimum absolute atomic E-state index is 0.0312. The molecule has 0 spiro atoms. The fourth-order valence-corrected chi connectivity index (χ4v) is 1.51. The van der Waals surface area contributed by atoms with Crippen LogP contribution in [0.15, 0.2) is 0 Å². The molecule has 0 saturated carbocycles. The molecular formula is C11H19NO5. The molecule has 6 nitrogen and oxygen atoms in total. The fraction of sp³-hybridized carbons (Fsp3) is 0.818. The Kier molecular flexibility index (Phi) is 4.47. The van der Waals surface area contributed by atoms with Crippen molar-refractivity contribution >= 4 is 11.9 Å². The van der Waals surface area contributed by atoms with Gasteiger partial charge in [0.2, 0.25) is 5.91 Å². The van der Waals surface area contributed by atoms with Crippen LogP contribution in [0.5, 0.6) is 0 Å². The van der Waals surface area contributed by atoms with Crippen LogP contribution in [0.4, 0.5) is 0 Å². The van der Waals surface area contributed by atoms with Crippen LogP contribution in [0, 0.1) is 5.41 Å². The van der Waals surface area contributed by atoms with Gasteiger partial charge in [0.25, 0.3) is 0 Å². The maximum atomic E-state index is 11.7. The number of carbonyl (C=O) groups excluding carboxylic acids is 1. The summed E-state index contributed by atoms with van der Waals surface area (Å²) in [6, 6.07) is 0. The molecule has 1 aliphatic heterocycles. The van der Waals surface area contributed by atoms with Crippen molar-refractivity contribution in [3.8, 4) is 0 Å². The lowest BCUT2D eigenvalue weighted by Gasteiger charge is -2.22. The lowest BCUT2D eigenvalue weighted by molar-refractivity contribution is -0.151. The number of aliphatic carboxylic acids is 1. The SMILES string of the molecule is CC(C)(CO)CNC(=O)[C@@H]1CC[C@H](C(=O)O)O1. The Morgan fingerprint density at radius 1 is 1.35 bits per heavy atom. The first-order valence-corrected chi connectivity index (χ1v) is 5.62. The van der Waals surface area contributed by atoms with Gasteiger partial charge in [-0.3, -0.25) is 4.79 Å². The molecular weight excluding hydrogens is 226 g/mol. The van der Waals surface area contributed by atoms with Crippen molar-refractivity contribution in [2.45, 2.75) is 38.9 Å². The first-order chi connectivity index (χ1) is 7.85. The highest BCUT2D eigenvalue weighted by atomic mass is 16.5. The monoisotopic (exact) mass is 245 g/mol. The Bertz CT molecular complexity index is 302. The van der Waals surface area contributed by atoms with Gasteiger partial charge in [0.15, 0.2) is 6.10 Å². The lowest BCUT2D eigenvalue weighted by atomic mass is 9.95. The summed E-state index contributed by atoms with van der Waals surface area (Å²) in [5.41, 5.74) is -0.388. The minimum Gasteiger partial charge on any atom is -0.479 e. The maximum absolute atomic E-state index is 11.7. The predicted octanol–water partition coefficient (Wildman–Crippen LogP) is -0.247. The molecule has 0 bridgehead atoms. The molecule has 2 atom stereocenters. The van der Waals surface area contributed by atoms with E-state index >= 15 is 0 Å². The normalized spacial score (nSPS) is 24.6. The summed E-state index contributed by atoms with van der Waals surface area (Å²) in [6.45, 7) is 3.95. The quantitative estimate of drug-likeness (QED) is 0.621. The van der Waals surface area contributed by atoms with E-state index in [2.05, 4.69) is 5.32 Å². The van der Waals surface area contributed by atoms with Gasteiger partial charge in [-0.25, -0.2) is 4.79 Å². The third-order valence-electron chi connectivity index (χ3n) is 2.76. The van der Waals surface area contributed by atoms with E-state index in [1.54, 1.807) is 0 Å². The maximum Gasteiger partial charge on any atom is 0.332 e. The van der Waals surface area contributed by atoms with E-state index in [9.17, 15) is 9.59 Å². The molecule has 1 fully saturated rings. The molecule has 1 rings (SSSR count). The second-order valence-electron chi connectivity index (χ2n) is 5.07. The number of carboxylic acids is 1. The zero-order valence-corrected chi connectivity index (χ0v) is 10.1. The topological polar surface area (TPSA) is 95.9 Å². The van der Waals surface area contributed by atoms with E-state index in [0.717, 1.165) is 0 Å². The lowest BCUT2D eigenvalue weighted by Crippen LogP contribution is -2.41. The standard InChI is InChI=1S/C11H19NO5/c1-11(2,6-13)5-12-9(14)7-3-4-8(17-7)10(15)16/h7-8,13H,3-6H2,1-2H3,(H,12,14)(H,15,16)/t7-,8+/m0/s1. The van der Waals surface area contributed by atoms with Crippen molar-refractivity contribution in [2.75, 3.05) is 13.2 Å². The van der Waals surface area contributed by atoms with Crippen LogP contribution in [0.3, 0.4) is 0 Å². The van der Waals surface area contributed by atoms with Gasteiger partial charge in [-0.15, -0.1) is 0 Å². The Labute approximate surface area is 100.0 Å². The number of carbonyl (C=O) groups is 2. The number of amides is 1. The first kappa shape index (κ1) is 13.9. The number of ether oxygens (including phenoxy) is 1. The highest BCUT2D eigenvalue weighted by Gasteiger charge is 2.35. The van der Waals surface area contributed by atoms with Crippen LogP contribution in [0.25, 0.3) is 0 Å². The molecule has 17 heavy (non-hydrogen) atoms. The van der Waals surface area contributed by atoms with Gasteiger partial charge in [0.1, 0.15) is 6.10 Å². The number of aliphatic hydroxyl groups excluding tert-OH is 1. The molecule has 0 aromatic carbocycles. The molecule has 0 aliphatic carbocycles. The van der Waals surface area contributed by atoms with E-state index in [0.29, 0.717) is 19.4 Å². The number of nitrogens with one attached hydrogen (secondary N) is 1. The summed E-state index contributed by atoms with van der Waals surface area (Å²) >= 11 is 0. The third kappa shape index (κ3) is 3.98. The molecule has 1 heterocycles. The van der Waals surface area contributed by atoms with Crippen molar-refractivity contribution in [3.63, 3.8) is 0 Å². The van der Waals surface area contributed by atoms with Crippen molar-refractivity contribution in [1.29, 1.82) is 0 Å². The summed E-state index contributed by atoms with van der Waals surface area (Å²) in [4.78, 5) is 22.3. The predicted molar refractivity (Wildman–Crippen MR) is 59.4 cm³/mol. The van der Waals surface area contributed by atoms with E-state index in [-0.39, 0.29) is 17.9 Å². The highest BCUT2D eigenvalue weighted by molar-refractivity contribution is 5.82. The molecule has 98 valence electrons. The smallest absolute Gasteiger partial charge is 0.332 e. The number of hydrogen-bond donors (Lipinski definition) is 3. The Morgan fingerprint density at radius 3 is 2.41 bits per heavy atom. The Hall–Kier alpha value is -1.14. The van der Waals surface area contributed by atoms with Gasteiger partial charge in [0, 0.05) is 18.6 Å². The van der Waals surface area contributed by atoms with Gasteiger partial charge in [-0.2, -0.15) is 0 Å². The molecule has 1 amide bonds. The summed E-state index contributed by atoms with van der Waals surface area (Å²) in [5.74, 6) is -1.34. The van der Waals surface area contributed by atoms with E-state index in [1.165, 1.54) is 0 Å². The first-order valence-electron chi connectivity index (χ1n) is 5.62. The van der Waals surface area contributed by atoms with Gasteiger partial charge >= 0.3 is 5.97 Å². The summed E-state index contributed by atoms with van der Waals surface area (Å²) in [7, 11) is 0. The number of aliphatic hydroxyl groups is 1. The molecule has 6 heteroatoms. The number of hydrogen-bond acceptors (Lipinski definition) is 4. The van der Waals surface area contributed by atoms with E-state index in [4.69, 9.17) is 14.9 Å². The van der Waals surface area contributed by atoms with Crippen LogP contribution < -0.4 is 5.32 Å². The molecule has 1 saturated heterocycles. The zero-order valence-electron chi connectivity index (χ0n) is 10.1. The average Bonchev–Trinajstić information content (AvgIpc) is 2.75. The average molecular weight is 245 g/mol. The fourth-order valence-electron chi connectivity index (χ4n) is 1.51. The summed E-state index contributed by atoms with van der Waals surface area (Å²) in [6.07, 6.45) is -0.790. The van der Waals surface area contributed by atoms with Crippen molar-refractivity contribution in [3.05, 3.63) is 0 Å². The van der Waals surface area contributed by atoms with E-state index in [1.807, 2.05) is 13.8 Å². The molecule has 0 unspecified atom stereocenters. The molecule has 0 radical (unpaired) electrons. The second-order valence-corrected chi connectivity index (χ2v) is 5.07.